The summed E-state index contributed by atoms with van der Waals surface area (Å²) in [4.78, 5) is 16.6. The lowest BCUT2D eigenvalue weighted by Gasteiger charge is -2.05. The molecule has 0 unspecified atom stereocenters. The van der Waals surface area contributed by atoms with Crippen LogP contribution in [0, 0.1) is 0 Å². The molecule has 25 heavy (non-hydrogen) atoms. The van der Waals surface area contributed by atoms with E-state index in [1.165, 1.54) is 0 Å². The lowest BCUT2D eigenvalue weighted by molar-refractivity contribution is -0.110. The molecular weight excluding hydrogens is 336 g/mol. The number of amides is 1. The van der Waals surface area contributed by atoms with Gasteiger partial charge in [0.15, 0.2) is 0 Å². The van der Waals surface area contributed by atoms with Crippen molar-refractivity contribution in [1.29, 1.82) is 0 Å². The highest BCUT2D eigenvalue weighted by Gasteiger charge is 2.26. The van der Waals surface area contributed by atoms with Gasteiger partial charge in [-0.1, -0.05) is 29.8 Å². The van der Waals surface area contributed by atoms with Gasteiger partial charge in [0.25, 0.3) is 5.91 Å². The number of hydrogen-bond donors (Lipinski definition) is 1. The summed E-state index contributed by atoms with van der Waals surface area (Å²) in [7, 11) is 0. The molecule has 1 N–H and O–H groups in total. The first-order valence-electron chi connectivity index (χ1n) is 7.72. The van der Waals surface area contributed by atoms with E-state index < -0.39 is 0 Å². The Hall–Kier alpha value is -3.11. The van der Waals surface area contributed by atoms with Gasteiger partial charge in [-0.3, -0.25) is 4.79 Å². The fraction of sp³-hybridized carbons (Fsp3) is 0. The molecule has 0 saturated heterocycles. The first kappa shape index (κ1) is 15.4. The number of hydrogen-bond acceptors (Lipinski definition) is 3. The number of rotatable bonds is 3. The van der Waals surface area contributed by atoms with Crippen molar-refractivity contribution in [2.75, 3.05) is 5.32 Å². The second kappa shape index (κ2) is 6.42. The van der Waals surface area contributed by atoms with Crippen LogP contribution in [0.5, 0.6) is 11.5 Å². The average molecular weight is 349 g/mol. The zero-order chi connectivity index (χ0) is 17.2. The molecule has 1 heterocycles. The largest absolute Gasteiger partial charge is 0.457 e. The van der Waals surface area contributed by atoms with Gasteiger partial charge in [0.2, 0.25) is 0 Å². The van der Waals surface area contributed by atoms with E-state index in [-0.39, 0.29) is 5.91 Å². The molecule has 1 amide bonds. The number of ether oxygens (including phenoxy) is 1. The minimum Gasteiger partial charge on any atom is -0.457 e. The molecule has 0 radical (unpaired) electrons. The van der Waals surface area contributed by atoms with Crippen LogP contribution in [0.4, 0.5) is 11.4 Å². The number of benzene rings is 3. The molecule has 4 nitrogen and oxygen atoms in total. The van der Waals surface area contributed by atoms with E-state index in [0.29, 0.717) is 27.7 Å². The third-order valence-corrected chi connectivity index (χ3v) is 3.99. The summed E-state index contributed by atoms with van der Waals surface area (Å²) in [5.41, 5.74) is 2.45. The molecule has 0 fully saturated rings. The van der Waals surface area contributed by atoms with Crippen LogP contribution in [0.25, 0.3) is 0 Å². The molecule has 0 saturated carbocycles. The quantitative estimate of drug-likeness (QED) is 0.706. The molecule has 0 spiro atoms. The highest BCUT2D eigenvalue weighted by molar-refractivity contribution is 6.54. The highest BCUT2D eigenvalue weighted by atomic mass is 35.5. The monoisotopic (exact) mass is 348 g/mol. The zero-order valence-electron chi connectivity index (χ0n) is 13.1. The SMILES string of the molecule is O=C1Nc2ccc(Cl)cc2C1=Nc1ccc(Oc2ccccc2)cc1. The van der Waals surface area contributed by atoms with Gasteiger partial charge in [0, 0.05) is 10.6 Å². The number of carbonyl (C=O) groups is 1. The Morgan fingerprint density at radius 2 is 1.60 bits per heavy atom. The predicted octanol–water partition coefficient (Wildman–Crippen LogP) is 5.21. The van der Waals surface area contributed by atoms with Gasteiger partial charge >= 0.3 is 0 Å². The second-order valence-corrected chi connectivity index (χ2v) is 5.95. The molecule has 122 valence electrons. The molecule has 1 aliphatic heterocycles. The third-order valence-electron chi connectivity index (χ3n) is 3.76. The maximum absolute atomic E-state index is 12.1. The summed E-state index contributed by atoms with van der Waals surface area (Å²) >= 11 is 6.03. The van der Waals surface area contributed by atoms with Crippen molar-refractivity contribution in [2.24, 2.45) is 4.99 Å². The van der Waals surface area contributed by atoms with Crippen molar-refractivity contribution >= 4 is 34.6 Å². The van der Waals surface area contributed by atoms with Crippen molar-refractivity contribution < 1.29 is 9.53 Å². The first-order valence-corrected chi connectivity index (χ1v) is 8.10. The first-order chi connectivity index (χ1) is 12.2. The molecule has 3 aromatic carbocycles. The number of nitrogens with one attached hydrogen (secondary N) is 1. The van der Waals surface area contributed by atoms with Crippen LogP contribution in [-0.4, -0.2) is 11.6 Å². The van der Waals surface area contributed by atoms with Crippen LogP contribution < -0.4 is 10.1 Å². The minimum absolute atomic E-state index is 0.234. The molecule has 4 rings (SSSR count). The fourth-order valence-corrected chi connectivity index (χ4v) is 2.75. The molecular formula is C20H13ClN2O2. The fourth-order valence-electron chi connectivity index (χ4n) is 2.58. The Morgan fingerprint density at radius 1 is 0.880 bits per heavy atom. The lowest BCUT2D eigenvalue weighted by Crippen LogP contribution is -2.13. The summed E-state index contributed by atoms with van der Waals surface area (Å²) in [6.07, 6.45) is 0. The number of para-hydroxylation sites is 1. The van der Waals surface area contributed by atoms with E-state index in [2.05, 4.69) is 10.3 Å². The Kier molecular flexibility index (Phi) is 3.96. The van der Waals surface area contributed by atoms with Gasteiger partial charge in [-0.15, -0.1) is 0 Å². The van der Waals surface area contributed by atoms with E-state index in [1.54, 1.807) is 30.3 Å². The second-order valence-electron chi connectivity index (χ2n) is 5.51. The van der Waals surface area contributed by atoms with E-state index in [1.807, 2.05) is 42.5 Å². The van der Waals surface area contributed by atoms with Crippen LogP contribution in [0.1, 0.15) is 5.56 Å². The van der Waals surface area contributed by atoms with E-state index in [9.17, 15) is 4.79 Å². The molecule has 5 heteroatoms. The van der Waals surface area contributed by atoms with Gasteiger partial charge in [-0.2, -0.15) is 0 Å². The molecule has 0 aliphatic carbocycles. The van der Waals surface area contributed by atoms with Gasteiger partial charge in [-0.25, -0.2) is 4.99 Å². The van der Waals surface area contributed by atoms with Crippen LogP contribution in [0.2, 0.25) is 5.02 Å². The number of halogens is 1. The van der Waals surface area contributed by atoms with Crippen molar-refractivity contribution in [3.63, 3.8) is 0 Å². The third kappa shape index (κ3) is 3.25. The smallest absolute Gasteiger partial charge is 0.275 e. The number of nitrogens with zero attached hydrogens (tertiary/aromatic N) is 1. The number of fused-ring (bicyclic) bond motifs is 1. The van der Waals surface area contributed by atoms with Gasteiger partial charge in [0.1, 0.15) is 17.2 Å². The van der Waals surface area contributed by atoms with E-state index in [0.717, 1.165) is 11.4 Å². The molecule has 0 atom stereocenters. The summed E-state index contributed by atoms with van der Waals surface area (Å²) in [6, 6.07) is 22.0. The molecule has 3 aromatic rings. The predicted molar refractivity (Wildman–Crippen MR) is 99.2 cm³/mol. The Morgan fingerprint density at radius 3 is 2.36 bits per heavy atom. The van der Waals surface area contributed by atoms with Crippen LogP contribution >= 0.6 is 11.6 Å². The molecule has 1 aliphatic rings. The Balaban J connectivity index is 1.60. The number of anilines is 1. The maximum atomic E-state index is 12.1. The zero-order valence-corrected chi connectivity index (χ0v) is 13.8. The summed E-state index contributed by atoms with van der Waals surface area (Å²) in [5.74, 6) is 1.23. The summed E-state index contributed by atoms with van der Waals surface area (Å²) in [6.45, 7) is 0. The molecule has 0 aromatic heterocycles. The normalized spacial score (nSPS) is 14.3. The lowest BCUT2D eigenvalue weighted by atomic mass is 10.1. The van der Waals surface area contributed by atoms with Gasteiger partial charge in [0.05, 0.1) is 11.4 Å². The maximum Gasteiger partial charge on any atom is 0.275 e. The van der Waals surface area contributed by atoms with Crippen molar-refractivity contribution in [3.05, 3.63) is 83.4 Å². The standard InChI is InChI=1S/C20H13ClN2O2/c21-13-6-11-18-17(12-13)19(20(24)23-18)22-14-7-9-16(10-8-14)25-15-4-2-1-3-5-15/h1-12H,(H,22,23,24). The van der Waals surface area contributed by atoms with Crippen LogP contribution in [0.15, 0.2) is 77.8 Å². The van der Waals surface area contributed by atoms with Crippen molar-refractivity contribution in [2.45, 2.75) is 0 Å². The average Bonchev–Trinajstić information content (AvgIpc) is 2.93. The Bertz CT molecular complexity index is 967. The van der Waals surface area contributed by atoms with Crippen molar-refractivity contribution in [3.8, 4) is 11.5 Å². The van der Waals surface area contributed by atoms with Gasteiger partial charge < -0.3 is 10.1 Å². The van der Waals surface area contributed by atoms with Gasteiger partial charge in [-0.05, 0) is 54.6 Å². The number of carbonyl (C=O) groups excluding carboxylic acids is 1. The molecule has 0 bridgehead atoms. The summed E-state index contributed by atoms with van der Waals surface area (Å²) < 4.78 is 5.75. The topological polar surface area (TPSA) is 50.7 Å². The summed E-state index contributed by atoms with van der Waals surface area (Å²) in [5, 5.41) is 3.35. The minimum atomic E-state index is -0.234. The van der Waals surface area contributed by atoms with E-state index in [4.69, 9.17) is 16.3 Å². The Labute approximate surface area is 149 Å². The van der Waals surface area contributed by atoms with Crippen molar-refractivity contribution in [1.82, 2.24) is 0 Å². The number of aliphatic imine (C=N–C) groups is 1. The van der Waals surface area contributed by atoms with Crippen LogP contribution in [0.3, 0.4) is 0 Å². The van der Waals surface area contributed by atoms with E-state index >= 15 is 0 Å². The highest BCUT2D eigenvalue weighted by Crippen LogP contribution is 2.29. The van der Waals surface area contributed by atoms with Crippen LogP contribution in [-0.2, 0) is 4.79 Å².